The van der Waals surface area contributed by atoms with Gasteiger partial charge in [0, 0.05) is 6.07 Å². The average Bonchev–Trinajstić information content (AvgIpc) is 2.17. The van der Waals surface area contributed by atoms with Crippen molar-refractivity contribution in [3.8, 4) is 6.07 Å². The summed E-state index contributed by atoms with van der Waals surface area (Å²) in [5, 5.41) is 19.3. The molecule has 76 valence electrons. The Labute approximate surface area is 103 Å². The van der Waals surface area contributed by atoms with Crippen LogP contribution in [0.1, 0.15) is 11.1 Å². The van der Waals surface area contributed by atoms with Gasteiger partial charge in [-0.25, -0.2) is 0 Å². The summed E-state index contributed by atoms with van der Waals surface area (Å²) in [6.07, 6.45) is 1.55. The minimum atomic E-state index is -0.518. The molecule has 0 aliphatic heterocycles. The second-order valence-electron chi connectivity index (χ2n) is 2.58. The largest absolute Gasteiger partial charge is 0.277 e. The lowest BCUT2D eigenvalue weighted by atomic mass is 10.1. The molecule has 0 amide bonds. The van der Waals surface area contributed by atoms with Gasteiger partial charge in [0.2, 0.25) is 0 Å². The van der Waals surface area contributed by atoms with E-state index >= 15 is 0 Å². The highest BCUT2D eigenvalue weighted by molar-refractivity contribution is 9.28. The maximum absolute atomic E-state index is 10.7. The molecule has 0 unspecified atom stereocenters. The zero-order valence-electron chi connectivity index (χ0n) is 7.28. The fraction of sp³-hybridized carbons (Fsp3) is 0. The van der Waals surface area contributed by atoms with Gasteiger partial charge in [-0.15, -0.1) is 0 Å². The monoisotopic (exact) mass is 330 g/mol. The minimum Gasteiger partial charge on any atom is -0.258 e. The van der Waals surface area contributed by atoms with E-state index in [2.05, 4.69) is 31.9 Å². The van der Waals surface area contributed by atoms with Crippen molar-refractivity contribution in [3.63, 3.8) is 0 Å². The molecule has 0 saturated heterocycles. The Morgan fingerprint density at radius 3 is 2.67 bits per heavy atom. The van der Waals surface area contributed by atoms with Crippen LogP contribution in [0.15, 0.2) is 21.6 Å². The van der Waals surface area contributed by atoms with Crippen molar-refractivity contribution >= 4 is 43.6 Å². The van der Waals surface area contributed by atoms with E-state index in [1.54, 1.807) is 6.08 Å². The minimum absolute atomic E-state index is 0.0922. The molecule has 0 fully saturated rings. The molecule has 0 aliphatic carbocycles. The lowest BCUT2D eigenvalue weighted by Crippen LogP contribution is -1.92. The normalized spacial score (nSPS) is 9.13. The van der Waals surface area contributed by atoms with Crippen LogP contribution in [0, 0.1) is 21.4 Å². The quantitative estimate of drug-likeness (QED) is 0.614. The molecule has 4 nitrogen and oxygen atoms in total. The number of halogens is 2. The van der Waals surface area contributed by atoms with E-state index in [1.165, 1.54) is 18.2 Å². The van der Waals surface area contributed by atoms with Gasteiger partial charge in [0.25, 0.3) is 5.69 Å². The second-order valence-corrected chi connectivity index (χ2v) is 5.35. The third kappa shape index (κ3) is 3.15. The summed E-state index contributed by atoms with van der Waals surface area (Å²) in [6.45, 7) is 0. The third-order valence-electron chi connectivity index (χ3n) is 1.62. The molecule has 0 N–H and O–H groups in total. The smallest absolute Gasteiger partial charge is 0.258 e. The molecule has 1 rings (SSSR count). The number of nitro groups is 1. The molecular formula is C9H4Br2N2O2. The number of nitrogens with zero attached hydrogens (tertiary/aromatic N) is 2. The van der Waals surface area contributed by atoms with Crippen molar-refractivity contribution in [2.75, 3.05) is 0 Å². The summed E-state index contributed by atoms with van der Waals surface area (Å²) in [5.41, 5.74) is 0.609. The standard InChI is InChI=1S/C9H4Br2N2O2/c10-9(11)4-7-2-1-6(5-12)3-8(7)13(14)15/h1-4H. The molecule has 0 bridgehead atoms. The average molecular weight is 332 g/mol. The molecule has 1 aromatic rings. The first-order valence-electron chi connectivity index (χ1n) is 3.76. The van der Waals surface area contributed by atoms with Crippen LogP contribution in [0.25, 0.3) is 6.08 Å². The van der Waals surface area contributed by atoms with Gasteiger partial charge < -0.3 is 0 Å². The van der Waals surface area contributed by atoms with Gasteiger partial charge in [-0.2, -0.15) is 5.26 Å². The number of rotatable bonds is 2. The molecule has 6 heteroatoms. The van der Waals surface area contributed by atoms with Crippen molar-refractivity contribution in [2.24, 2.45) is 0 Å². The van der Waals surface area contributed by atoms with E-state index in [0.717, 1.165) is 0 Å². The first-order valence-corrected chi connectivity index (χ1v) is 5.34. The van der Waals surface area contributed by atoms with Gasteiger partial charge >= 0.3 is 0 Å². The molecule has 0 atom stereocenters. The zero-order valence-corrected chi connectivity index (χ0v) is 10.4. The molecule has 0 saturated carbocycles. The predicted octanol–water partition coefficient (Wildman–Crippen LogP) is 3.55. The highest BCUT2D eigenvalue weighted by Gasteiger charge is 2.12. The Morgan fingerprint density at radius 2 is 2.20 bits per heavy atom. The fourth-order valence-corrected chi connectivity index (χ4v) is 1.50. The van der Waals surface area contributed by atoms with Gasteiger partial charge in [-0.1, -0.05) is 0 Å². The molecule has 1 aromatic carbocycles. The molecular weight excluding hydrogens is 328 g/mol. The summed E-state index contributed by atoms with van der Waals surface area (Å²) >= 11 is 6.24. The van der Waals surface area contributed by atoms with Crippen molar-refractivity contribution in [1.29, 1.82) is 5.26 Å². The van der Waals surface area contributed by atoms with Gasteiger partial charge in [-0.3, -0.25) is 10.1 Å². The van der Waals surface area contributed by atoms with Crippen molar-refractivity contribution < 1.29 is 4.92 Å². The third-order valence-corrected chi connectivity index (χ3v) is 2.08. The predicted molar refractivity (Wildman–Crippen MR) is 63.6 cm³/mol. The summed E-state index contributed by atoms with van der Waals surface area (Å²) < 4.78 is 0.600. The number of nitro benzene ring substituents is 1. The first kappa shape index (κ1) is 11.9. The van der Waals surface area contributed by atoms with Crippen LogP contribution < -0.4 is 0 Å². The topological polar surface area (TPSA) is 66.9 Å². The lowest BCUT2D eigenvalue weighted by Gasteiger charge is -1.97. The van der Waals surface area contributed by atoms with Crippen LogP contribution in [0.4, 0.5) is 5.69 Å². The Morgan fingerprint density at radius 1 is 1.53 bits per heavy atom. The van der Waals surface area contributed by atoms with Crippen molar-refractivity contribution in [3.05, 3.63) is 42.8 Å². The van der Waals surface area contributed by atoms with Gasteiger partial charge in [0.15, 0.2) is 0 Å². The molecule has 15 heavy (non-hydrogen) atoms. The van der Waals surface area contributed by atoms with Crippen molar-refractivity contribution in [2.45, 2.75) is 0 Å². The van der Waals surface area contributed by atoms with Crippen LogP contribution in [-0.2, 0) is 0 Å². The molecule has 0 heterocycles. The number of benzene rings is 1. The van der Waals surface area contributed by atoms with Gasteiger partial charge in [-0.05, 0) is 50.1 Å². The van der Waals surface area contributed by atoms with Crippen LogP contribution in [0.2, 0.25) is 0 Å². The van der Waals surface area contributed by atoms with Crippen LogP contribution in [0.3, 0.4) is 0 Å². The fourth-order valence-electron chi connectivity index (χ4n) is 1.01. The zero-order chi connectivity index (χ0) is 11.4. The van der Waals surface area contributed by atoms with Gasteiger partial charge in [0.1, 0.15) is 0 Å². The van der Waals surface area contributed by atoms with E-state index < -0.39 is 4.92 Å². The summed E-state index contributed by atoms with van der Waals surface area (Å²) in [7, 11) is 0. The maximum atomic E-state index is 10.7. The molecule has 0 aliphatic rings. The SMILES string of the molecule is N#Cc1ccc(C=C(Br)Br)c([N+](=O)[O-])c1. The number of hydrogen-bond donors (Lipinski definition) is 0. The van der Waals surface area contributed by atoms with Crippen LogP contribution >= 0.6 is 31.9 Å². The summed E-state index contributed by atoms with van der Waals surface area (Å²) in [5.74, 6) is 0. The van der Waals surface area contributed by atoms with Crippen LogP contribution in [-0.4, -0.2) is 4.92 Å². The van der Waals surface area contributed by atoms with Crippen molar-refractivity contribution in [1.82, 2.24) is 0 Å². The van der Waals surface area contributed by atoms with E-state index in [9.17, 15) is 10.1 Å². The van der Waals surface area contributed by atoms with Gasteiger partial charge in [0.05, 0.1) is 25.5 Å². The maximum Gasteiger partial charge on any atom is 0.277 e. The Balaban J connectivity index is 3.35. The second kappa shape index (κ2) is 5.05. The molecule has 0 aromatic heterocycles. The van der Waals surface area contributed by atoms with Crippen LogP contribution in [0.5, 0.6) is 0 Å². The number of hydrogen-bond acceptors (Lipinski definition) is 3. The highest BCUT2D eigenvalue weighted by Crippen LogP contribution is 2.26. The first-order chi connectivity index (χ1) is 7.04. The number of nitriles is 1. The van der Waals surface area contributed by atoms with E-state index in [0.29, 0.717) is 8.96 Å². The Bertz CT molecular complexity index is 473. The Hall–Kier alpha value is -1.19. The van der Waals surface area contributed by atoms with E-state index in [1.807, 2.05) is 6.07 Å². The summed E-state index contributed by atoms with van der Waals surface area (Å²) in [4.78, 5) is 10.2. The van der Waals surface area contributed by atoms with E-state index in [4.69, 9.17) is 5.26 Å². The lowest BCUT2D eigenvalue weighted by molar-refractivity contribution is -0.385. The van der Waals surface area contributed by atoms with E-state index in [-0.39, 0.29) is 11.3 Å². The summed E-state index contributed by atoms with van der Waals surface area (Å²) in [6, 6.07) is 6.16. The molecule has 0 radical (unpaired) electrons. The molecule has 0 spiro atoms. The highest BCUT2D eigenvalue weighted by atomic mass is 79.9. The Kier molecular flexibility index (Phi) is 4.00.